The second-order valence-electron chi connectivity index (χ2n) is 5.02. The number of nitrogens with one attached hydrogen (secondary N) is 2. The molecule has 2 nitrogen and oxygen atoms in total. The van der Waals surface area contributed by atoms with E-state index in [1.165, 1.54) is 27.7 Å². The second-order valence-corrected chi connectivity index (χ2v) is 5.02. The molecule has 0 atom stereocenters. The van der Waals surface area contributed by atoms with Crippen molar-refractivity contribution < 1.29 is 0 Å². The lowest BCUT2D eigenvalue weighted by atomic mass is 10.0. The minimum Gasteiger partial charge on any atom is -0.358 e. The largest absolute Gasteiger partial charge is 0.358 e. The molecular weight excluding hydrogens is 208 g/mol. The number of aromatic amines is 1. The summed E-state index contributed by atoms with van der Waals surface area (Å²) in [4.78, 5) is 3.61. The van der Waals surface area contributed by atoms with Gasteiger partial charge in [-0.15, -0.1) is 0 Å². The molecule has 0 saturated carbocycles. The van der Waals surface area contributed by atoms with Crippen molar-refractivity contribution >= 4 is 10.9 Å². The Balaban J connectivity index is 2.59. The maximum atomic E-state index is 3.61. The van der Waals surface area contributed by atoms with Gasteiger partial charge in [-0.1, -0.05) is 32.0 Å². The highest BCUT2D eigenvalue weighted by molar-refractivity contribution is 5.87. The van der Waals surface area contributed by atoms with Gasteiger partial charge in [-0.25, -0.2) is 0 Å². The number of fused-ring (bicyclic) bond motifs is 1. The van der Waals surface area contributed by atoms with Crippen molar-refractivity contribution in [3.8, 4) is 0 Å². The quantitative estimate of drug-likeness (QED) is 0.828. The molecule has 0 radical (unpaired) electrons. The molecule has 0 aliphatic carbocycles. The van der Waals surface area contributed by atoms with Gasteiger partial charge < -0.3 is 10.3 Å². The summed E-state index contributed by atoms with van der Waals surface area (Å²) < 4.78 is 0. The van der Waals surface area contributed by atoms with E-state index in [0.29, 0.717) is 5.92 Å². The molecule has 0 bridgehead atoms. The van der Waals surface area contributed by atoms with Gasteiger partial charge in [-0.05, 0) is 44.0 Å². The first-order valence-corrected chi connectivity index (χ1v) is 6.39. The summed E-state index contributed by atoms with van der Waals surface area (Å²) in [5, 5.41) is 4.63. The Morgan fingerprint density at radius 2 is 2.06 bits per heavy atom. The van der Waals surface area contributed by atoms with Gasteiger partial charge in [0.15, 0.2) is 0 Å². The Labute approximate surface area is 103 Å². The number of likely N-dealkylation sites (N-methyl/N-ethyl adjacent to an activating group) is 1. The summed E-state index contributed by atoms with van der Waals surface area (Å²) in [6.07, 6.45) is 1.09. The van der Waals surface area contributed by atoms with Gasteiger partial charge in [0.25, 0.3) is 0 Å². The summed E-state index contributed by atoms with van der Waals surface area (Å²) in [5.74, 6) is 0.550. The van der Waals surface area contributed by atoms with E-state index in [1.807, 2.05) is 7.05 Å². The van der Waals surface area contributed by atoms with E-state index in [2.05, 4.69) is 49.3 Å². The van der Waals surface area contributed by atoms with Crippen molar-refractivity contribution in [2.75, 3.05) is 13.6 Å². The highest BCUT2D eigenvalue weighted by Gasteiger charge is 2.14. The molecule has 0 aliphatic rings. The molecule has 2 N–H and O–H groups in total. The van der Waals surface area contributed by atoms with E-state index in [-0.39, 0.29) is 0 Å². The maximum absolute atomic E-state index is 3.61. The molecule has 1 aromatic carbocycles. The van der Waals surface area contributed by atoms with Crippen LogP contribution >= 0.6 is 0 Å². The van der Waals surface area contributed by atoms with Crippen LogP contribution in [-0.4, -0.2) is 18.6 Å². The van der Waals surface area contributed by atoms with Crippen LogP contribution in [0, 0.1) is 6.92 Å². The highest BCUT2D eigenvalue weighted by atomic mass is 14.8. The number of para-hydroxylation sites is 1. The number of hydrogen-bond acceptors (Lipinski definition) is 1. The third kappa shape index (κ3) is 2.22. The van der Waals surface area contributed by atoms with E-state index >= 15 is 0 Å². The average Bonchev–Trinajstić information content (AvgIpc) is 2.67. The number of rotatable bonds is 4. The predicted molar refractivity (Wildman–Crippen MR) is 74.8 cm³/mol. The molecule has 0 spiro atoms. The molecular formula is C15H22N2. The van der Waals surface area contributed by atoms with E-state index in [9.17, 15) is 0 Å². The van der Waals surface area contributed by atoms with Crippen LogP contribution in [0.4, 0.5) is 0 Å². The molecule has 2 heteroatoms. The molecule has 17 heavy (non-hydrogen) atoms. The van der Waals surface area contributed by atoms with Crippen molar-refractivity contribution in [2.45, 2.75) is 33.1 Å². The lowest BCUT2D eigenvalue weighted by Crippen LogP contribution is -2.11. The van der Waals surface area contributed by atoms with Crippen LogP contribution in [0.2, 0.25) is 0 Å². The van der Waals surface area contributed by atoms with Crippen LogP contribution in [0.15, 0.2) is 18.2 Å². The maximum Gasteiger partial charge on any atom is 0.0488 e. The van der Waals surface area contributed by atoms with Gasteiger partial charge in [0.05, 0.1) is 0 Å². The third-order valence-corrected chi connectivity index (χ3v) is 3.39. The Kier molecular flexibility index (Phi) is 3.53. The second kappa shape index (κ2) is 4.92. The van der Waals surface area contributed by atoms with Crippen molar-refractivity contribution in [2.24, 2.45) is 0 Å². The monoisotopic (exact) mass is 230 g/mol. The summed E-state index contributed by atoms with van der Waals surface area (Å²) >= 11 is 0. The Morgan fingerprint density at radius 3 is 2.71 bits per heavy atom. The van der Waals surface area contributed by atoms with Gasteiger partial charge in [-0.2, -0.15) is 0 Å². The standard InChI is InChI=1S/C15H22N2/c1-10(2)14-13(8-9-16-4)12-7-5-6-11(3)15(12)17-14/h5-7,10,16-17H,8-9H2,1-4H3. The van der Waals surface area contributed by atoms with Gasteiger partial charge in [0.2, 0.25) is 0 Å². The lowest BCUT2D eigenvalue weighted by molar-refractivity contribution is 0.764. The van der Waals surface area contributed by atoms with Crippen molar-refractivity contribution in [1.29, 1.82) is 0 Å². The number of hydrogen-bond donors (Lipinski definition) is 2. The summed E-state index contributed by atoms with van der Waals surface area (Å²) in [7, 11) is 2.01. The molecule has 0 unspecified atom stereocenters. The zero-order chi connectivity index (χ0) is 12.4. The average molecular weight is 230 g/mol. The zero-order valence-corrected chi connectivity index (χ0v) is 11.2. The fourth-order valence-corrected chi connectivity index (χ4v) is 2.45. The topological polar surface area (TPSA) is 27.8 Å². The van der Waals surface area contributed by atoms with Gasteiger partial charge in [0.1, 0.15) is 0 Å². The van der Waals surface area contributed by atoms with Crippen LogP contribution in [0.25, 0.3) is 10.9 Å². The molecule has 2 rings (SSSR count). The van der Waals surface area contributed by atoms with E-state index in [4.69, 9.17) is 0 Å². The first kappa shape index (κ1) is 12.2. The summed E-state index contributed by atoms with van der Waals surface area (Å²) in [5.41, 5.74) is 5.51. The summed E-state index contributed by atoms with van der Waals surface area (Å²) in [6.45, 7) is 7.71. The van der Waals surface area contributed by atoms with E-state index in [0.717, 1.165) is 13.0 Å². The Bertz CT molecular complexity index is 509. The number of benzene rings is 1. The molecule has 1 aromatic heterocycles. The van der Waals surface area contributed by atoms with Gasteiger partial charge in [0, 0.05) is 16.6 Å². The van der Waals surface area contributed by atoms with Crippen LogP contribution in [-0.2, 0) is 6.42 Å². The molecule has 1 heterocycles. The first-order chi connectivity index (χ1) is 8.15. The molecule has 92 valence electrons. The molecule has 0 aliphatic heterocycles. The van der Waals surface area contributed by atoms with Crippen LogP contribution < -0.4 is 5.32 Å². The van der Waals surface area contributed by atoms with Crippen LogP contribution in [0.1, 0.15) is 36.6 Å². The Morgan fingerprint density at radius 1 is 1.29 bits per heavy atom. The zero-order valence-electron chi connectivity index (χ0n) is 11.2. The fourth-order valence-electron chi connectivity index (χ4n) is 2.45. The first-order valence-electron chi connectivity index (χ1n) is 6.39. The minimum absolute atomic E-state index is 0.550. The normalized spacial score (nSPS) is 11.6. The van der Waals surface area contributed by atoms with Crippen molar-refractivity contribution in [1.82, 2.24) is 10.3 Å². The van der Waals surface area contributed by atoms with Crippen LogP contribution in [0.3, 0.4) is 0 Å². The minimum atomic E-state index is 0.550. The predicted octanol–water partition coefficient (Wildman–Crippen LogP) is 3.36. The van der Waals surface area contributed by atoms with Crippen LogP contribution in [0.5, 0.6) is 0 Å². The van der Waals surface area contributed by atoms with Crippen molar-refractivity contribution in [3.05, 3.63) is 35.0 Å². The smallest absolute Gasteiger partial charge is 0.0488 e. The SMILES string of the molecule is CNCCc1c(C(C)C)[nH]c2c(C)cccc12. The third-order valence-electron chi connectivity index (χ3n) is 3.39. The molecule has 0 amide bonds. The van der Waals surface area contributed by atoms with Gasteiger partial charge >= 0.3 is 0 Å². The summed E-state index contributed by atoms with van der Waals surface area (Å²) in [6, 6.07) is 6.55. The molecule has 0 saturated heterocycles. The fraction of sp³-hybridized carbons (Fsp3) is 0.467. The van der Waals surface area contributed by atoms with Gasteiger partial charge in [-0.3, -0.25) is 0 Å². The van der Waals surface area contributed by atoms with Crippen molar-refractivity contribution in [3.63, 3.8) is 0 Å². The molecule has 0 fully saturated rings. The highest BCUT2D eigenvalue weighted by Crippen LogP contribution is 2.29. The number of aryl methyl sites for hydroxylation is 1. The number of H-pyrrole nitrogens is 1. The lowest BCUT2D eigenvalue weighted by Gasteiger charge is -2.07. The Hall–Kier alpha value is -1.28. The number of aromatic nitrogens is 1. The van der Waals surface area contributed by atoms with E-state index < -0.39 is 0 Å². The molecule has 2 aromatic rings. The van der Waals surface area contributed by atoms with E-state index in [1.54, 1.807) is 0 Å².